The zero-order chi connectivity index (χ0) is 23.8. The van der Waals surface area contributed by atoms with Crippen LogP contribution in [0.5, 0.6) is 11.5 Å². The first-order valence-electron chi connectivity index (χ1n) is 10.2. The van der Waals surface area contributed by atoms with E-state index in [4.69, 9.17) is 32.7 Å². The highest BCUT2D eigenvalue weighted by Gasteiger charge is 2.15. The number of halogens is 2. The van der Waals surface area contributed by atoms with Gasteiger partial charge in [0.1, 0.15) is 18.2 Å². The summed E-state index contributed by atoms with van der Waals surface area (Å²) in [4.78, 5) is 12.6. The molecule has 0 atom stereocenters. The van der Waals surface area contributed by atoms with Crippen LogP contribution in [0.4, 0.5) is 5.69 Å². The fourth-order valence-electron chi connectivity index (χ4n) is 3.04. The second kappa shape index (κ2) is 11.4. The minimum absolute atomic E-state index is 0.0861. The van der Waals surface area contributed by atoms with Gasteiger partial charge in [-0.05, 0) is 73.0 Å². The Morgan fingerprint density at radius 1 is 1.09 bits per heavy atom. The number of carbonyl (C=O) groups excluding carboxylic acids is 1. The minimum atomic E-state index is -0.547. The van der Waals surface area contributed by atoms with E-state index < -0.39 is 5.91 Å². The maximum Gasteiger partial charge on any atom is 0.266 e. The van der Waals surface area contributed by atoms with Gasteiger partial charge in [-0.1, -0.05) is 47.5 Å². The summed E-state index contributed by atoms with van der Waals surface area (Å²) in [6, 6.07) is 19.8. The van der Waals surface area contributed by atoms with Crippen molar-refractivity contribution in [1.82, 2.24) is 0 Å². The maximum absolute atomic E-state index is 12.6. The molecule has 0 saturated heterocycles. The lowest BCUT2D eigenvalue weighted by atomic mass is 10.1. The van der Waals surface area contributed by atoms with Crippen molar-refractivity contribution in [2.45, 2.75) is 20.5 Å². The molecule has 3 rings (SSSR count). The Balaban J connectivity index is 1.85. The van der Waals surface area contributed by atoms with Gasteiger partial charge in [0.15, 0.2) is 11.5 Å². The van der Waals surface area contributed by atoms with Crippen molar-refractivity contribution >= 4 is 40.9 Å². The van der Waals surface area contributed by atoms with E-state index in [-0.39, 0.29) is 5.57 Å². The fraction of sp³-hybridized carbons (Fsp3) is 0.154. The summed E-state index contributed by atoms with van der Waals surface area (Å²) in [6.45, 7) is 4.58. The third-order valence-electron chi connectivity index (χ3n) is 4.74. The molecule has 0 spiro atoms. The van der Waals surface area contributed by atoms with Gasteiger partial charge in [0.05, 0.1) is 11.6 Å². The number of benzene rings is 3. The van der Waals surface area contributed by atoms with Crippen LogP contribution >= 0.6 is 23.2 Å². The van der Waals surface area contributed by atoms with Crippen molar-refractivity contribution in [3.63, 3.8) is 0 Å². The smallest absolute Gasteiger partial charge is 0.266 e. The summed E-state index contributed by atoms with van der Waals surface area (Å²) in [6.07, 6.45) is 1.45. The van der Waals surface area contributed by atoms with Crippen LogP contribution in [0.15, 0.2) is 66.2 Å². The molecule has 0 saturated carbocycles. The summed E-state index contributed by atoms with van der Waals surface area (Å²) in [5.74, 6) is 0.289. The van der Waals surface area contributed by atoms with E-state index >= 15 is 0 Å². The molecule has 3 aromatic carbocycles. The molecule has 1 amide bonds. The van der Waals surface area contributed by atoms with E-state index in [1.807, 2.05) is 44.2 Å². The highest BCUT2D eigenvalue weighted by atomic mass is 35.5. The molecular weight excluding hydrogens is 459 g/mol. The number of anilines is 1. The van der Waals surface area contributed by atoms with Crippen LogP contribution in [0, 0.1) is 18.3 Å². The predicted octanol–water partition coefficient (Wildman–Crippen LogP) is 6.83. The Morgan fingerprint density at radius 2 is 1.82 bits per heavy atom. The van der Waals surface area contributed by atoms with E-state index in [1.54, 1.807) is 36.4 Å². The Morgan fingerprint density at radius 3 is 2.48 bits per heavy atom. The average Bonchev–Trinajstić information content (AvgIpc) is 2.79. The molecule has 0 aliphatic carbocycles. The molecule has 0 aliphatic heterocycles. The standard InChI is InChI=1S/C26H22Cl2N2O3/c1-3-32-24-14-18(12-20(15-29)26(31)30-22-10-8-21(27)9-11-22)13-23(28)25(24)33-16-19-7-5-4-6-17(19)2/h4-14H,3,16H2,1-2H3,(H,30,31)/b20-12+. The number of aryl methyl sites for hydroxylation is 1. The van der Waals surface area contributed by atoms with Crippen molar-refractivity contribution < 1.29 is 14.3 Å². The highest BCUT2D eigenvalue weighted by molar-refractivity contribution is 6.32. The quantitative estimate of drug-likeness (QED) is 0.283. The van der Waals surface area contributed by atoms with Crippen LogP contribution in [0.3, 0.4) is 0 Å². The predicted molar refractivity (Wildman–Crippen MR) is 132 cm³/mol. The van der Waals surface area contributed by atoms with Crippen molar-refractivity contribution in [2.75, 3.05) is 11.9 Å². The zero-order valence-corrected chi connectivity index (χ0v) is 19.7. The van der Waals surface area contributed by atoms with Gasteiger partial charge in [0.25, 0.3) is 5.91 Å². The van der Waals surface area contributed by atoms with Crippen molar-refractivity contribution in [1.29, 1.82) is 5.26 Å². The molecule has 0 aliphatic rings. The van der Waals surface area contributed by atoms with Crippen molar-refractivity contribution in [2.24, 2.45) is 0 Å². The summed E-state index contributed by atoms with van der Waals surface area (Å²) in [5.41, 5.74) is 3.12. The lowest BCUT2D eigenvalue weighted by Gasteiger charge is -2.15. The molecule has 0 fully saturated rings. The first-order valence-corrected chi connectivity index (χ1v) is 11.0. The van der Waals surface area contributed by atoms with Gasteiger partial charge in [0, 0.05) is 10.7 Å². The van der Waals surface area contributed by atoms with E-state index in [9.17, 15) is 10.1 Å². The molecular formula is C26H22Cl2N2O3. The Kier molecular flexibility index (Phi) is 8.37. The van der Waals surface area contributed by atoms with E-state index in [0.717, 1.165) is 11.1 Å². The van der Waals surface area contributed by atoms with Gasteiger partial charge < -0.3 is 14.8 Å². The molecule has 168 valence electrons. The van der Waals surface area contributed by atoms with Crippen LogP contribution in [-0.2, 0) is 11.4 Å². The summed E-state index contributed by atoms with van der Waals surface area (Å²) < 4.78 is 11.7. The van der Waals surface area contributed by atoms with Crippen LogP contribution in [-0.4, -0.2) is 12.5 Å². The number of amides is 1. The van der Waals surface area contributed by atoms with Crippen LogP contribution in [0.2, 0.25) is 10.0 Å². The summed E-state index contributed by atoms with van der Waals surface area (Å²) in [7, 11) is 0. The summed E-state index contributed by atoms with van der Waals surface area (Å²) in [5, 5.41) is 13.1. The normalized spacial score (nSPS) is 10.9. The van der Waals surface area contributed by atoms with Gasteiger partial charge >= 0.3 is 0 Å². The van der Waals surface area contributed by atoms with Crippen molar-refractivity contribution in [3.8, 4) is 17.6 Å². The lowest BCUT2D eigenvalue weighted by molar-refractivity contribution is -0.112. The van der Waals surface area contributed by atoms with Gasteiger partial charge in [-0.15, -0.1) is 0 Å². The second-order valence-electron chi connectivity index (χ2n) is 7.11. The third kappa shape index (κ3) is 6.52. The zero-order valence-electron chi connectivity index (χ0n) is 18.2. The monoisotopic (exact) mass is 480 g/mol. The number of carbonyl (C=O) groups is 1. The molecule has 33 heavy (non-hydrogen) atoms. The molecule has 0 aromatic heterocycles. The van der Waals surface area contributed by atoms with E-state index in [1.165, 1.54) is 6.08 Å². The summed E-state index contributed by atoms with van der Waals surface area (Å²) >= 11 is 12.4. The number of ether oxygens (including phenoxy) is 2. The molecule has 1 N–H and O–H groups in total. The van der Waals surface area contributed by atoms with Crippen LogP contribution < -0.4 is 14.8 Å². The molecule has 0 radical (unpaired) electrons. The number of nitrogens with zero attached hydrogens (tertiary/aromatic N) is 1. The molecule has 0 bridgehead atoms. The molecule has 0 heterocycles. The lowest BCUT2D eigenvalue weighted by Crippen LogP contribution is -2.13. The number of rotatable bonds is 8. The Hall–Kier alpha value is -3.46. The Labute approximate surface area is 203 Å². The SMILES string of the molecule is CCOc1cc(/C=C(\C#N)C(=O)Nc2ccc(Cl)cc2)cc(Cl)c1OCc1ccccc1C. The minimum Gasteiger partial charge on any atom is -0.490 e. The fourth-order valence-corrected chi connectivity index (χ4v) is 3.44. The molecule has 3 aromatic rings. The first-order chi connectivity index (χ1) is 15.9. The largest absolute Gasteiger partial charge is 0.490 e. The van der Waals surface area contributed by atoms with Gasteiger partial charge in [-0.25, -0.2) is 0 Å². The second-order valence-corrected chi connectivity index (χ2v) is 7.95. The van der Waals surface area contributed by atoms with Gasteiger partial charge in [0.2, 0.25) is 0 Å². The first kappa shape index (κ1) is 24.2. The Bertz CT molecular complexity index is 1220. The van der Waals surface area contributed by atoms with Crippen molar-refractivity contribution in [3.05, 3.63) is 93.0 Å². The number of hydrogen-bond acceptors (Lipinski definition) is 4. The highest BCUT2D eigenvalue weighted by Crippen LogP contribution is 2.38. The molecule has 7 heteroatoms. The number of hydrogen-bond donors (Lipinski definition) is 1. The van der Waals surface area contributed by atoms with Crippen LogP contribution in [0.25, 0.3) is 6.08 Å². The number of nitrogens with one attached hydrogen (secondary N) is 1. The molecule has 0 unspecified atom stereocenters. The van der Waals surface area contributed by atoms with Gasteiger partial charge in [-0.2, -0.15) is 5.26 Å². The third-order valence-corrected chi connectivity index (χ3v) is 5.28. The maximum atomic E-state index is 12.6. The number of nitriles is 1. The topological polar surface area (TPSA) is 71.3 Å². The van der Waals surface area contributed by atoms with E-state index in [0.29, 0.717) is 46.0 Å². The average molecular weight is 481 g/mol. The molecule has 5 nitrogen and oxygen atoms in total. The van der Waals surface area contributed by atoms with Crippen LogP contribution in [0.1, 0.15) is 23.6 Å². The van der Waals surface area contributed by atoms with Gasteiger partial charge in [-0.3, -0.25) is 4.79 Å². The van der Waals surface area contributed by atoms with E-state index in [2.05, 4.69) is 5.32 Å².